The zero-order valence-electron chi connectivity index (χ0n) is 15.4. The van der Waals surface area contributed by atoms with E-state index >= 15 is 0 Å². The third kappa shape index (κ3) is 6.74. The second-order valence-corrected chi connectivity index (χ2v) is 8.94. The summed E-state index contributed by atoms with van der Waals surface area (Å²) in [5.41, 5.74) is 2.21. The summed E-state index contributed by atoms with van der Waals surface area (Å²) >= 11 is 0. The third-order valence-electron chi connectivity index (χ3n) is 4.33. The molecule has 25 heavy (non-hydrogen) atoms. The van der Waals surface area contributed by atoms with Crippen LogP contribution in [0.1, 0.15) is 31.4 Å². The topological polar surface area (TPSA) is 73.8 Å². The molecular weight excluding hydrogens is 451 g/mol. The molecule has 0 aromatic heterocycles. The van der Waals surface area contributed by atoms with Crippen LogP contribution in [0.25, 0.3) is 0 Å². The summed E-state index contributed by atoms with van der Waals surface area (Å²) in [5.74, 6) is 0.921. The molecule has 142 valence electrons. The lowest BCUT2D eigenvalue weighted by Gasteiger charge is -2.23. The van der Waals surface area contributed by atoms with Crippen LogP contribution in [0.4, 0.5) is 0 Å². The van der Waals surface area contributed by atoms with E-state index in [1.54, 1.807) is 7.05 Å². The van der Waals surface area contributed by atoms with Crippen molar-refractivity contribution in [3.63, 3.8) is 0 Å². The largest absolute Gasteiger partial charge is 0.352 e. The molecule has 1 fully saturated rings. The lowest BCUT2D eigenvalue weighted by Crippen LogP contribution is -2.40. The molecule has 1 saturated heterocycles. The number of halogens is 1. The molecule has 1 heterocycles. The second-order valence-electron chi connectivity index (χ2n) is 7.02. The number of aliphatic imine (C=N–C) groups is 1. The number of likely N-dealkylation sites (tertiary alicyclic amines) is 1. The van der Waals surface area contributed by atoms with Crippen molar-refractivity contribution in [3.05, 3.63) is 35.4 Å². The maximum absolute atomic E-state index is 11.6. The average molecular weight is 480 g/mol. The molecule has 0 radical (unpaired) electrons. The van der Waals surface area contributed by atoms with Crippen molar-refractivity contribution in [2.45, 2.75) is 32.6 Å². The molecule has 1 aromatic carbocycles. The zero-order valence-corrected chi connectivity index (χ0v) is 18.5. The number of sulfonamides is 1. The molecule has 6 nitrogen and oxygen atoms in total. The molecule has 1 aliphatic heterocycles. The van der Waals surface area contributed by atoms with Gasteiger partial charge in [0.05, 0.1) is 5.75 Å². The van der Waals surface area contributed by atoms with Crippen LogP contribution < -0.4 is 10.0 Å². The smallest absolute Gasteiger partial charge is 0.215 e. The van der Waals surface area contributed by atoms with E-state index in [1.165, 1.54) is 13.5 Å². The van der Waals surface area contributed by atoms with Gasteiger partial charge in [-0.3, -0.25) is 4.99 Å². The summed E-state index contributed by atoms with van der Waals surface area (Å²) in [4.78, 5) is 6.66. The third-order valence-corrected chi connectivity index (χ3v) is 5.67. The van der Waals surface area contributed by atoms with Gasteiger partial charge in [0.25, 0.3) is 0 Å². The van der Waals surface area contributed by atoms with Gasteiger partial charge in [0, 0.05) is 26.7 Å². The van der Waals surface area contributed by atoms with Crippen LogP contribution in [0.15, 0.2) is 29.3 Å². The van der Waals surface area contributed by atoms with E-state index in [0.717, 1.165) is 30.2 Å². The Hall–Kier alpha value is -0.870. The van der Waals surface area contributed by atoms with E-state index in [-0.39, 0.29) is 29.7 Å². The number of benzene rings is 1. The van der Waals surface area contributed by atoms with Gasteiger partial charge in [-0.05, 0) is 30.0 Å². The summed E-state index contributed by atoms with van der Waals surface area (Å²) in [5, 5.41) is 3.39. The van der Waals surface area contributed by atoms with Crippen LogP contribution in [-0.2, 0) is 22.3 Å². The van der Waals surface area contributed by atoms with Crippen molar-refractivity contribution in [3.8, 4) is 0 Å². The monoisotopic (exact) mass is 480 g/mol. The Morgan fingerprint density at radius 1 is 1.24 bits per heavy atom. The average Bonchev–Trinajstić information content (AvgIpc) is 2.89. The molecule has 0 amide bonds. The molecule has 2 N–H and O–H groups in total. The molecule has 2 rings (SSSR count). The van der Waals surface area contributed by atoms with Crippen molar-refractivity contribution < 1.29 is 8.42 Å². The van der Waals surface area contributed by atoms with Crippen molar-refractivity contribution in [2.24, 2.45) is 10.4 Å². The van der Waals surface area contributed by atoms with Gasteiger partial charge in [0.2, 0.25) is 10.0 Å². The van der Waals surface area contributed by atoms with Crippen molar-refractivity contribution in [1.82, 2.24) is 14.9 Å². The van der Waals surface area contributed by atoms with E-state index in [1.807, 2.05) is 24.3 Å². The standard InChI is InChI=1S/C17H28N4O2S.HI/c1-17(2)9-10-21(13-17)16(18-3)20-11-14-5-7-15(8-6-14)12-24(22,23)19-4;/h5-8,19H,9-13H2,1-4H3,(H,18,20);1H. The van der Waals surface area contributed by atoms with Gasteiger partial charge in [-0.15, -0.1) is 24.0 Å². The van der Waals surface area contributed by atoms with Crippen LogP contribution in [0.3, 0.4) is 0 Å². The van der Waals surface area contributed by atoms with Crippen LogP contribution in [-0.4, -0.2) is 46.5 Å². The Labute approximate surface area is 168 Å². The first-order valence-corrected chi connectivity index (χ1v) is 9.84. The van der Waals surface area contributed by atoms with Gasteiger partial charge in [-0.25, -0.2) is 13.1 Å². The Kier molecular flexibility index (Phi) is 8.14. The fourth-order valence-electron chi connectivity index (χ4n) is 2.85. The maximum Gasteiger partial charge on any atom is 0.215 e. The normalized spacial score (nSPS) is 17.3. The summed E-state index contributed by atoms with van der Waals surface area (Å²) in [6, 6.07) is 7.62. The summed E-state index contributed by atoms with van der Waals surface area (Å²) in [6.45, 7) is 7.25. The fraction of sp³-hybridized carbons (Fsp3) is 0.588. The molecule has 0 aliphatic carbocycles. The first-order valence-electron chi connectivity index (χ1n) is 8.19. The van der Waals surface area contributed by atoms with Crippen molar-refractivity contribution in [2.75, 3.05) is 27.2 Å². The number of nitrogens with zero attached hydrogens (tertiary/aromatic N) is 2. The van der Waals surface area contributed by atoms with E-state index in [2.05, 4.69) is 33.8 Å². The highest BCUT2D eigenvalue weighted by atomic mass is 127. The quantitative estimate of drug-likeness (QED) is 0.385. The van der Waals surface area contributed by atoms with Gasteiger partial charge in [0.15, 0.2) is 5.96 Å². The molecular formula is C17H29IN4O2S. The van der Waals surface area contributed by atoms with Crippen LogP contribution in [0, 0.1) is 5.41 Å². The van der Waals surface area contributed by atoms with E-state index < -0.39 is 10.0 Å². The number of nitrogens with one attached hydrogen (secondary N) is 2. The Bertz CT molecular complexity index is 687. The van der Waals surface area contributed by atoms with Crippen molar-refractivity contribution >= 4 is 40.0 Å². The van der Waals surface area contributed by atoms with E-state index in [0.29, 0.717) is 12.0 Å². The minimum atomic E-state index is -3.23. The van der Waals surface area contributed by atoms with Gasteiger partial charge >= 0.3 is 0 Å². The molecule has 0 atom stereocenters. The Morgan fingerprint density at radius 2 is 1.84 bits per heavy atom. The molecule has 0 saturated carbocycles. The number of guanidine groups is 1. The highest BCUT2D eigenvalue weighted by Crippen LogP contribution is 2.28. The number of hydrogen-bond donors (Lipinski definition) is 2. The minimum Gasteiger partial charge on any atom is -0.352 e. The first-order chi connectivity index (χ1) is 11.2. The predicted molar refractivity (Wildman–Crippen MR) is 114 cm³/mol. The second kappa shape index (κ2) is 9.18. The van der Waals surface area contributed by atoms with Gasteiger partial charge in [-0.2, -0.15) is 0 Å². The van der Waals surface area contributed by atoms with Gasteiger partial charge in [0.1, 0.15) is 0 Å². The molecule has 1 aliphatic rings. The minimum absolute atomic E-state index is 0. The Balaban J connectivity index is 0.00000312. The van der Waals surface area contributed by atoms with E-state index in [4.69, 9.17) is 0 Å². The zero-order chi connectivity index (χ0) is 17.8. The molecule has 1 aromatic rings. The van der Waals surface area contributed by atoms with Crippen molar-refractivity contribution in [1.29, 1.82) is 0 Å². The van der Waals surface area contributed by atoms with Gasteiger partial charge in [-0.1, -0.05) is 38.1 Å². The summed E-state index contributed by atoms with van der Waals surface area (Å²) < 4.78 is 25.5. The SMILES string of the molecule is CN=C(NCc1ccc(CS(=O)(=O)NC)cc1)N1CCC(C)(C)C1.I. The summed E-state index contributed by atoms with van der Waals surface area (Å²) in [7, 11) is 0.00572. The predicted octanol–water partition coefficient (Wildman–Crippen LogP) is 2.16. The Morgan fingerprint density at radius 3 is 2.32 bits per heavy atom. The highest BCUT2D eigenvalue weighted by molar-refractivity contribution is 14.0. The van der Waals surface area contributed by atoms with Crippen LogP contribution >= 0.6 is 24.0 Å². The first kappa shape index (κ1) is 22.2. The number of hydrogen-bond acceptors (Lipinski definition) is 3. The van der Waals surface area contributed by atoms with E-state index in [9.17, 15) is 8.42 Å². The lowest BCUT2D eigenvalue weighted by atomic mass is 9.93. The molecule has 0 bridgehead atoms. The molecule has 8 heteroatoms. The fourth-order valence-corrected chi connectivity index (χ4v) is 3.63. The molecule has 0 unspecified atom stereocenters. The highest BCUT2D eigenvalue weighted by Gasteiger charge is 2.30. The van der Waals surface area contributed by atoms with Gasteiger partial charge < -0.3 is 10.2 Å². The maximum atomic E-state index is 11.6. The molecule has 0 spiro atoms. The number of rotatable bonds is 5. The summed E-state index contributed by atoms with van der Waals surface area (Å²) in [6.07, 6.45) is 1.17. The van der Waals surface area contributed by atoms with Crippen LogP contribution in [0.2, 0.25) is 0 Å². The lowest BCUT2D eigenvalue weighted by molar-refractivity contribution is 0.370. The van der Waals surface area contributed by atoms with Crippen LogP contribution in [0.5, 0.6) is 0 Å².